The Hall–Kier alpha value is -3.42. The molecule has 1 aromatic carbocycles. The van der Waals surface area contributed by atoms with Crippen molar-refractivity contribution in [1.82, 2.24) is 19.9 Å². The second kappa shape index (κ2) is 8.98. The molecule has 2 aliphatic rings. The van der Waals surface area contributed by atoms with E-state index in [0.717, 1.165) is 69.1 Å². The third-order valence-electron chi connectivity index (χ3n) is 6.47. The number of aromatic nitrogens is 3. The molecule has 1 amide bonds. The Labute approximate surface area is 187 Å². The largest absolute Gasteiger partial charge is 0.497 e. The first kappa shape index (κ1) is 20.5. The Morgan fingerprint density at radius 2 is 1.72 bits per heavy atom. The molecule has 0 radical (unpaired) electrons. The number of methoxy groups -OCH3 is 1. The predicted molar refractivity (Wildman–Crippen MR) is 124 cm³/mol. The van der Waals surface area contributed by atoms with E-state index in [4.69, 9.17) is 4.74 Å². The van der Waals surface area contributed by atoms with Crippen molar-refractivity contribution in [2.45, 2.75) is 12.8 Å². The van der Waals surface area contributed by atoms with Gasteiger partial charge in [-0.2, -0.15) is 0 Å². The van der Waals surface area contributed by atoms with E-state index >= 15 is 0 Å². The maximum absolute atomic E-state index is 13.3. The lowest BCUT2D eigenvalue weighted by molar-refractivity contribution is -0.136. The van der Waals surface area contributed by atoms with Gasteiger partial charge in [0.15, 0.2) is 5.65 Å². The van der Waals surface area contributed by atoms with Crippen molar-refractivity contribution in [3.63, 3.8) is 0 Å². The summed E-state index contributed by atoms with van der Waals surface area (Å²) in [6, 6.07) is 10.2. The van der Waals surface area contributed by atoms with Crippen LogP contribution in [0.5, 0.6) is 5.75 Å². The number of amides is 1. The molecule has 0 bridgehead atoms. The van der Waals surface area contributed by atoms with E-state index in [1.54, 1.807) is 19.5 Å². The molecule has 4 heterocycles. The zero-order chi connectivity index (χ0) is 21.9. The summed E-state index contributed by atoms with van der Waals surface area (Å²) in [4.78, 5) is 33.0. The first-order valence-electron chi connectivity index (χ1n) is 11.2. The summed E-state index contributed by atoms with van der Waals surface area (Å²) in [6.07, 6.45) is 7.12. The third kappa shape index (κ3) is 4.17. The molecule has 2 aromatic heterocycles. The molecule has 8 heteroatoms. The molecule has 1 atom stereocenters. The summed E-state index contributed by atoms with van der Waals surface area (Å²) in [5.74, 6) is 1.16. The lowest BCUT2D eigenvalue weighted by Gasteiger charge is -2.40. The number of anilines is 2. The van der Waals surface area contributed by atoms with Crippen LogP contribution in [-0.4, -0.2) is 72.1 Å². The third-order valence-corrected chi connectivity index (χ3v) is 6.47. The molecule has 8 nitrogen and oxygen atoms in total. The van der Waals surface area contributed by atoms with Crippen LogP contribution in [0.1, 0.15) is 12.8 Å². The second-order valence-corrected chi connectivity index (χ2v) is 8.39. The van der Waals surface area contributed by atoms with Gasteiger partial charge < -0.3 is 19.4 Å². The van der Waals surface area contributed by atoms with Crippen LogP contribution < -0.4 is 14.5 Å². The molecule has 32 heavy (non-hydrogen) atoms. The quantitative estimate of drug-likeness (QED) is 0.627. The van der Waals surface area contributed by atoms with E-state index in [2.05, 4.69) is 36.9 Å². The minimum Gasteiger partial charge on any atom is -0.497 e. The summed E-state index contributed by atoms with van der Waals surface area (Å²) < 4.78 is 5.25. The van der Waals surface area contributed by atoms with Gasteiger partial charge in [0.05, 0.1) is 24.9 Å². The number of pyridine rings is 1. The van der Waals surface area contributed by atoms with Crippen molar-refractivity contribution in [3.05, 3.63) is 48.9 Å². The Balaban J connectivity index is 1.20. The average molecular weight is 433 g/mol. The lowest BCUT2D eigenvalue weighted by Crippen LogP contribution is -2.52. The molecule has 0 N–H and O–H groups in total. The van der Waals surface area contributed by atoms with E-state index in [-0.39, 0.29) is 11.8 Å². The van der Waals surface area contributed by atoms with E-state index < -0.39 is 0 Å². The maximum Gasteiger partial charge on any atom is 0.227 e. The van der Waals surface area contributed by atoms with Crippen molar-refractivity contribution in [2.24, 2.45) is 5.92 Å². The van der Waals surface area contributed by atoms with Crippen LogP contribution in [0, 0.1) is 5.92 Å². The molecule has 2 saturated heterocycles. The molecule has 0 spiro atoms. The number of carbonyl (C=O) groups is 1. The summed E-state index contributed by atoms with van der Waals surface area (Å²) in [7, 11) is 1.68. The van der Waals surface area contributed by atoms with Gasteiger partial charge >= 0.3 is 0 Å². The minimum absolute atomic E-state index is 0.0221. The number of benzene rings is 1. The fourth-order valence-electron chi connectivity index (χ4n) is 4.67. The van der Waals surface area contributed by atoms with Gasteiger partial charge in [0.1, 0.15) is 11.3 Å². The fourth-order valence-corrected chi connectivity index (χ4v) is 4.67. The van der Waals surface area contributed by atoms with Gasteiger partial charge in [0.25, 0.3) is 0 Å². The summed E-state index contributed by atoms with van der Waals surface area (Å²) in [5.41, 5.74) is 3.62. The highest BCUT2D eigenvalue weighted by Crippen LogP contribution is 2.26. The molecule has 2 aliphatic heterocycles. The van der Waals surface area contributed by atoms with Crippen molar-refractivity contribution >= 4 is 28.4 Å². The normalized spacial score (nSPS) is 19.3. The van der Waals surface area contributed by atoms with Crippen LogP contribution in [0.2, 0.25) is 0 Å². The highest BCUT2D eigenvalue weighted by molar-refractivity contribution is 5.80. The molecule has 166 valence electrons. The standard InChI is InChI=1S/C24H28N6O2/c1-32-21-6-4-19(5-7-21)28-11-13-29(14-12-28)24(31)18-3-2-10-30(17-18)20-15-22-23(27-16-20)26-9-8-25-22/h4-9,15-16,18H,2-3,10-14,17H2,1H3. The number of ether oxygens (including phenoxy) is 1. The predicted octanol–water partition coefficient (Wildman–Crippen LogP) is 2.60. The van der Waals surface area contributed by atoms with Gasteiger partial charge in [-0.15, -0.1) is 0 Å². The van der Waals surface area contributed by atoms with Crippen molar-refractivity contribution in [1.29, 1.82) is 0 Å². The average Bonchev–Trinajstić information content (AvgIpc) is 2.88. The number of piperidine rings is 1. The van der Waals surface area contributed by atoms with Gasteiger partial charge in [-0.1, -0.05) is 0 Å². The molecule has 0 aliphatic carbocycles. The zero-order valence-electron chi connectivity index (χ0n) is 18.4. The van der Waals surface area contributed by atoms with E-state index in [1.807, 2.05) is 29.3 Å². The van der Waals surface area contributed by atoms with Gasteiger partial charge in [-0.05, 0) is 43.2 Å². The first-order valence-corrected chi connectivity index (χ1v) is 11.2. The number of fused-ring (bicyclic) bond motifs is 1. The minimum atomic E-state index is 0.0221. The molecule has 0 saturated carbocycles. The number of nitrogens with zero attached hydrogens (tertiary/aromatic N) is 6. The fraction of sp³-hybridized carbons (Fsp3) is 0.417. The van der Waals surface area contributed by atoms with E-state index in [9.17, 15) is 4.79 Å². The van der Waals surface area contributed by atoms with Crippen LogP contribution in [0.4, 0.5) is 11.4 Å². The SMILES string of the molecule is COc1ccc(N2CCN(C(=O)C3CCCN(c4cnc5nccnc5c4)C3)CC2)cc1. The van der Waals surface area contributed by atoms with Crippen LogP contribution in [0.25, 0.3) is 11.2 Å². The molecule has 5 rings (SSSR count). The molecular formula is C24H28N6O2. The zero-order valence-corrected chi connectivity index (χ0v) is 18.4. The topological polar surface area (TPSA) is 74.7 Å². The molecular weight excluding hydrogens is 404 g/mol. The first-order chi connectivity index (χ1) is 15.7. The number of carbonyl (C=O) groups excluding carboxylic acids is 1. The van der Waals surface area contributed by atoms with Gasteiger partial charge in [-0.25, -0.2) is 9.97 Å². The van der Waals surface area contributed by atoms with Gasteiger partial charge in [-0.3, -0.25) is 9.78 Å². The Bertz CT molecular complexity index is 1080. The second-order valence-electron chi connectivity index (χ2n) is 8.39. The van der Waals surface area contributed by atoms with Gasteiger partial charge in [0, 0.05) is 57.3 Å². The Morgan fingerprint density at radius 3 is 2.50 bits per heavy atom. The number of rotatable bonds is 4. The highest BCUT2D eigenvalue weighted by atomic mass is 16.5. The monoisotopic (exact) mass is 432 g/mol. The summed E-state index contributed by atoms with van der Waals surface area (Å²) in [6.45, 7) is 4.87. The van der Waals surface area contributed by atoms with Crippen LogP contribution in [0.15, 0.2) is 48.9 Å². The number of piperazine rings is 1. The van der Waals surface area contributed by atoms with E-state index in [0.29, 0.717) is 5.65 Å². The van der Waals surface area contributed by atoms with Crippen LogP contribution in [0.3, 0.4) is 0 Å². The van der Waals surface area contributed by atoms with Crippen molar-refractivity contribution in [3.8, 4) is 5.75 Å². The molecule has 2 fully saturated rings. The lowest BCUT2D eigenvalue weighted by atomic mass is 9.95. The molecule has 1 unspecified atom stereocenters. The van der Waals surface area contributed by atoms with Crippen LogP contribution in [-0.2, 0) is 4.79 Å². The van der Waals surface area contributed by atoms with E-state index in [1.165, 1.54) is 5.69 Å². The smallest absolute Gasteiger partial charge is 0.227 e. The Morgan fingerprint density at radius 1 is 0.938 bits per heavy atom. The summed E-state index contributed by atoms with van der Waals surface area (Å²) in [5, 5.41) is 0. The highest BCUT2D eigenvalue weighted by Gasteiger charge is 2.31. The van der Waals surface area contributed by atoms with Crippen LogP contribution >= 0.6 is 0 Å². The van der Waals surface area contributed by atoms with Crippen molar-refractivity contribution in [2.75, 3.05) is 56.2 Å². The van der Waals surface area contributed by atoms with Gasteiger partial charge in [0.2, 0.25) is 5.91 Å². The Kier molecular flexibility index (Phi) is 5.75. The number of hydrogen-bond acceptors (Lipinski definition) is 7. The maximum atomic E-state index is 13.3. The van der Waals surface area contributed by atoms with Crippen molar-refractivity contribution < 1.29 is 9.53 Å². The number of hydrogen-bond donors (Lipinski definition) is 0. The molecule has 3 aromatic rings. The summed E-state index contributed by atoms with van der Waals surface area (Å²) >= 11 is 0.